The zero-order valence-electron chi connectivity index (χ0n) is 10.9. The van der Waals surface area contributed by atoms with Crippen molar-refractivity contribution in [2.75, 3.05) is 5.73 Å². The Balaban J connectivity index is 1.91. The fraction of sp³-hybridized carbons (Fsp3) is 0.500. The van der Waals surface area contributed by atoms with Gasteiger partial charge in [0.15, 0.2) is 0 Å². The van der Waals surface area contributed by atoms with Crippen LogP contribution in [0.25, 0.3) is 0 Å². The average Bonchev–Trinajstić information content (AvgIpc) is 2.77. The minimum atomic E-state index is -0.290. The van der Waals surface area contributed by atoms with E-state index in [1.807, 2.05) is 32.0 Å². The topological polar surface area (TPSA) is 64.3 Å². The van der Waals surface area contributed by atoms with Crippen molar-refractivity contribution >= 4 is 11.6 Å². The molecule has 0 aliphatic carbocycles. The van der Waals surface area contributed by atoms with Crippen LogP contribution in [-0.2, 0) is 16.1 Å². The molecule has 1 heterocycles. The summed E-state index contributed by atoms with van der Waals surface area (Å²) < 4.78 is 5.53. The summed E-state index contributed by atoms with van der Waals surface area (Å²) >= 11 is 0. The van der Waals surface area contributed by atoms with Crippen LogP contribution in [0.5, 0.6) is 0 Å². The van der Waals surface area contributed by atoms with Crippen molar-refractivity contribution in [1.82, 2.24) is 5.32 Å². The molecule has 0 spiro atoms. The monoisotopic (exact) mass is 248 g/mol. The van der Waals surface area contributed by atoms with Crippen molar-refractivity contribution in [2.24, 2.45) is 0 Å². The van der Waals surface area contributed by atoms with Gasteiger partial charge in [0.2, 0.25) is 5.91 Å². The van der Waals surface area contributed by atoms with Gasteiger partial charge in [-0.05, 0) is 43.9 Å². The maximum absolute atomic E-state index is 11.9. The molecule has 0 radical (unpaired) electrons. The molecule has 0 aromatic heterocycles. The molecule has 1 aromatic carbocycles. The van der Waals surface area contributed by atoms with Gasteiger partial charge in [-0.15, -0.1) is 0 Å². The molecule has 18 heavy (non-hydrogen) atoms. The van der Waals surface area contributed by atoms with Gasteiger partial charge >= 0.3 is 0 Å². The molecule has 1 saturated heterocycles. The Morgan fingerprint density at radius 3 is 2.94 bits per heavy atom. The van der Waals surface area contributed by atoms with Crippen molar-refractivity contribution in [3.05, 3.63) is 29.3 Å². The fourth-order valence-electron chi connectivity index (χ4n) is 2.19. The van der Waals surface area contributed by atoms with Gasteiger partial charge in [-0.25, -0.2) is 0 Å². The van der Waals surface area contributed by atoms with Crippen LogP contribution in [0.4, 0.5) is 5.69 Å². The highest BCUT2D eigenvalue weighted by Gasteiger charge is 2.27. The second-order valence-electron chi connectivity index (χ2n) is 4.86. The predicted octanol–water partition coefficient (Wildman–Crippen LogP) is 1.76. The van der Waals surface area contributed by atoms with Crippen molar-refractivity contribution in [1.29, 1.82) is 0 Å². The molecule has 1 amide bonds. The molecule has 98 valence electrons. The summed E-state index contributed by atoms with van der Waals surface area (Å²) in [7, 11) is 0. The maximum Gasteiger partial charge on any atom is 0.249 e. The van der Waals surface area contributed by atoms with Crippen molar-refractivity contribution in [3.63, 3.8) is 0 Å². The summed E-state index contributed by atoms with van der Waals surface area (Å²) in [5, 5.41) is 2.91. The number of carbonyl (C=O) groups excluding carboxylic acids is 1. The van der Waals surface area contributed by atoms with Gasteiger partial charge in [-0.3, -0.25) is 4.79 Å². The van der Waals surface area contributed by atoms with E-state index in [0.717, 1.165) is 29.7 Å². The van der Waals surface area contributed by atoms with Gasteiger partial charge in [0.05, 0.1) is 6.10 Å². The minimum Gasteiger partial charge on any atom is -0.399 e. The normalized spacial score (nSPS) is 23.0. The van der Waals surface area contributed by atoms with E-state index in [2.05, 4.69) is 5.32 Å². The van der Waals surface area contributed by atoms with E-state index in [0.29, 0.717) is 6.54 Å². The third-order valence-corrected chi connectivity index (χ3v) is 3.47. The van der Waals surface area contributed by atoms with Crippen LogP contribution < -0.4 is 11.1 Å². The summed E-state index contributed by atoms with van der Waals surface area (Å²) in [5.41, 5.74) is 8.66. The Bertz CT molecular complexity index is 445. The van der Waals surface area contributed by atoms with E-state index in [-0.39, 0.29) is 18.1 Å². The molecule has 2 rings (SSSR count). The fourth-order valence-corrected chi connectivity index (χ4v) is 2.19. The Morgan fingerprint density at radius 1 is 1.50 bits per heavy atom. The van der Waals surface area contributed by atoms with Crippen molar-refractivity contribution in [2.45, 2.75) is 45.4 Å². The number of nitrogens with one attached hydrogen (secondary N) is 1. The van der Waals surface area contributed by atoms with Crippen LogP contribution in [0.2, 0.25) is 0 Å². The average molecular weight is 248 g/mol. The number of ether oxygens (including phenoxy) is 1. The molecule has 3 N–H and O–H groups in total. The molecule has 4 nitrogen and oxygen atoms in total. The second kappa shape index (κ2) is 5.40. The Morgan fingerprint density at radius 2 is 2.28 bits per heavy atom. The number of nitrogen functional groups attached to an aromatic ring is 1. The van der Waals surface area contributed by atoms with E-state index in [1.54, 1.807) is 0 Å². The van der Waals surface area contributed by atoms with Gasteiger partial charge in [-0.2, -0.15) is 0 Å². The Labute approximate surface area is 108 Å². The summed E-state index contributed by atoms with van der Waals surface area (Å²) in [5.74, 6) is -0.0267. The summed E-state index contributed by atoms with van der Waals surface area (Å²) in [6.07, 6.45) is 1.66. The quantitative estimate of drug-likeness (QED) is 0.801. The van der Waals surface area contributed by atoms with Gasteiger partial charge in [-0.1, -0.05) is 12.1 Å². The van der Waals surface area contributed by atoms with Gasteiger partial charge < -0.3 is 15.8 Å². The van der Waals surface area contributed by atoms with E-state index in [4.69, 9.17) is 10.5 Å². The van der Waals surface area contributed by atoms with Gasteiger partial charge in [0, 0.05) is 12.2 Å². The first-order valence-corrected chi connectivity index (χ1v) is 6.35. The largest absolute Gasteiger partial charge is 0.399 e. The maximum atomic E-state index is 11.9. The SMILES string of the molecule is Cc1c(N)cccc1CNC(=O)C1CCC(C)O1. The first kappa shape index (κ1) is 12.9. The molecule has 0 saturated carbocycles. The molecule has 2 atom stereocenters. The number of nitrogens with two attached hydrogens (primary N) is 1. The number of amides is 1. The third-order valence-electron chi connectivity index (χ3n) is 3.47. The number of rotatable bonds is 3. The van der Waals surface area contributed by atoms with E-state index in [9.17, 15) is 4.79 Å². The zero-order valence-corrected chi connectivity index (χ0v) is 10.9. The number of hydrogen-bond acceptors (Lipinski definition) is 3. The molecular weight excluding hydrogens is 228 g/mol. The van der Waals surface area contributed by atoms with Gasteiger partial charge in [0.1, 0.15) is 6.10 Å². The lowest BCUT2D eigenvalue weighted by Crippen LogP contribution is -2.34. The van der Waals surface area contributed by atoms with E-state index >= 15 is 0 Å². The highest BCUT2D eigenvalue weighted by atomic mass is 16.5. The van der Waals surface area contributed by atoms with E-state index in [1.165, 1.54) is 0 Å². The second-order valence-corrected chi connectivity index (χ2v) is 4.86. The molecule has 0 bridgehead atoms. The van der Waals surface area contributed by atoms with E-state index < -0.39 is 0 Å². The predicted molar refractivity (Wildman–Crippen MR) is 71.0 cm³/mol. The smallest absolute Gasteiger partial charge is 0.249 e. The minimum absolute atomic E-state index is 0.0267. The summed E-state index contributed by atoms with van der Waals surface area (Å²) in [6.45, 7) is 4.46. The molecule has 1 aliphatic rings. The number of benzene rings is 1. The highest BCUT2D eigenvalue weighted by Crippen LogP contribution is 2.19. The van der Waals surface area contributed by atoms with Crippen LogP contribution >= 0.6 is 0 Å². The lowest BCUT2D eigenvalue weighted by molar-refractivity contribution is -0.131. The first-order chi connectivity index (χ1) is 8.58. The standard InChI is InChI=1S/C14H20N2O2/c1-9-6-7-13(18-9)14(17)16-8-11-4-3-5-12(15)10(11)2/h3-5,9,13H,6-8,15H2,1-2H3,(H,16,17). The first-order valence-electron chi connectivity index (χ1n) is 6.35. The van der Waals surface area contributed by atoms with Crippen molar-refractivity contribution in [3.8, 4) is 0 Å². The van der Waals surface area contributed by atoms with Crippen molar-refractivity contribution < 1.29 is 9.53 Å². The molecule has 2 unspecified atom stereocenters. The molecule has 1 aliphatic heterocycles. The summed E-state index contributed by atoms with van der Waals surface area (Å²) in [4.78, 5) is 11.9. The molecular formula is C14H20N2O2. The number of anilines is 1. The Kier molecular flexibility index (Phi) is 3.87. The van der Waals surface area contributed by atoms with Crippen LogP contribution in [0.15, 0.2) is 18.2 Å². The zero-order chi connectivity index (χ0) is 13.1. The van der Waals surface area contributed by atoms with Crippen LogP contribution in [0.1, 0.15) is 30.9 Å². The highest BCUT2D eigenvalue weighted by molar-refractivity contribution is 5.81. The number of carbonyl (C=O) groups is 1. The lowest BCUT2D eigenvalue weighted by atomic mass is 10.1. The molecule has 4 heteroatoms. The summed E-state index contributed by atoms with van der Waals surface area (Å²) in [6, 6.07) is 5.74. The van der Waals surface area contributed by atoms with Crippen LogP contribution in [-0.4, -0.2) is 18.1 Å². The van der Waals surface area contributed by atoms with Gasteiger partial charge in [0.25, 0.3) is 0 Å². The lowest BCUT2D eigenvalue weighted by Gasteiger charge is -2.13. The van der Waals surface area contributed by atoms with Crippen LogP contribution in [0, 0.1) is 6.92 Å². The molecule has 1 aromatic rings. The molecule has 1 fully saturated rings. The number of hydrogen-bond donors (Lipinski definition) is 2. The van der Waals surface area contributed by atoms with Crippen LogP contribution in [0.3, 0.4) is 0 Å². The third kappa shape index (κ3) is 2.82. The Hall–Kier alpha value is -1.55.